The molecule has 1 aliphatic rings. The first-order valence-corrected chi connectivity index (χ1v) is 8.66. The average molecular weight is 351 g/mol. The Labute approximate surface area is 136 Å². The zero-order valence-corrected chi connectivity index (χ0v) is 13.0. The van der Waals surface area contributed by atoms with E-state index in [-0.39, 0.29) is 6.54 Å². The van der Waals surface area contributed by atoms with E-state index in [9.17, 15) is 17.4 Å². The van der Waals surface area contributed by atoms with Crippen LogP contribution in [0.1, 0.15) is 11.1 Å². The summed E-state index contributed by atoms with van der Waals surface area (Å²) >= 11 is 0. The third kappa shape index (κ3) is 2.38. The molecule has 1 atom stereocenters. The van der Waals surface area contributed by atoms with E-state index >= 15 is 0 Å². The van der Waals surface area contributed by atoms with Crippen molar-refractivity contribution in [2.45, 2.75) is 17.6 Å². The fraction of sp³-hybridized carbons (Fsp3) is 0.125. The maximum Gasteiger partial charge on any atom is 0.416 e. The number of alkyl halides is 3. The number of aromatic amines is 1. The molecule has 0 amide bonds. The van der Waals surface area contributed by atoms with Crippen molar-refractivity contribution in [2.24, 2.45) is 4.36 Å². The predicted molar refractivity (Wildman–Crippen MR) is 85.1 cm³/mol. The van der Waals surface area contributed by atoms with E-state index in [1.807, 2.05) is 24.3 Å². The summed E-state index contributed by atoms with van der Waals surface area (Å²) in [4.78, 5) is 3.34. The molecule has 1 aliphatic heterocycles. The molecule has 0 saturated carbocycles. The van der Waals surface area contributed by atoms with Crippen LogP contribution in [0.5, 0.6) is 0 Å². The largest absolute Gasteiger partial charge is 0.416 e. The Morgan fingerprint density at radius 1 is 1.12 bits per heavy atom. The molecular weight excluding hydrogens is 339 g/mol. The number of nitrogens with zero attached hydrogens (tertiary/aromatic N) is 1. The molecular formula is C16H12F3N3OS. The molecule has 1 aromatic heterocycles. The lowest BCUT2D eigenvalue weighted by Crippen LogP contribution is -2.13. The molecule has 124 valence electrons. The molecule has 4 nitrogen and oxygen atoms in total. The fourth-order valence-corrected chi connectivity index (χ4v) is 4.61. The van der Waals surface area contributed by atoms with Gasteiger partial charge in [0.15, 0.2) is 0 Å². The number of rotatable bonds is 1. The van der Waals surface area contributed by atoms with Crippen LogP contribution in [0.3, 0.4) is 0 Å². The van der Waals surface area contributed by atoms with Gasteiger partial charge in [-0.3, -0.25) is 0 Å². The number of para-hydroxylation sites is 1. The number of benzene rings is 2. The Morgan fingerprint density at radius 3 is 2.71 bits per heavy atom. The van der Waals surface area contributed by atoms with Gasteiger partial charge in [0.1, 0.15) is 9.92 Å². The summed E-state index contributed by atoms with van der Waals surface area (Å²) in [5.74, 6) is 0. The van der Waals surface area contributed by atoms with Gasteiger partial charge in [-0.15, -0.1) is 0 Å². The van der Waals surface area contributed by atoms with E-state index in [1.54, 1.807) is 6.20 Å². The van der Waals surface area contributed by atoms with Crippen molar-refractivity contribution in [3.63, 3.8) is 0 Å². The van der Waals surface area contributed by atoms with Crippen molar-refractivity contribution in [1.29, 1.82) is 0 Å². The molecule has 0 bridgehead atoms. The van der Waals surface area contributed by atoms with Gasteiger partial charge in [-0.2, -0.15) is 17.5 Å². The third-order valence-corrected chi connectivity index (χ3v) is 5.92. The second kappa shape index (κ2) is 5.09. The van der Waals surface area contributed by atoms with Gasteiger partial charge in [-0.25, -0.2) is 8.93 Å². The number of fused-ring (bicyclic) bond motifs is 2. The zero-order chi connectivity index (χ0) is 16.9. The molecule has 4 rings (SSSR count). The van der Waals surface area contributed by atoms with Crippen LogP contribution in [0.25, 0.3) is 10.9 Å². The lowest BCUT2D eigenvalue weighted by Gasteiger charge is -2.08. The van der Waals surface area contributed by atoms with E-state index in [0.29, 0.717) is 16.1 Å². The minimum Gasteiger partial charge on any atom is -0.359 e. The molecule has 0 radical (unpaired) electrons. The molecule has 24 heavy (non-hydrogen) atoms. The van der Waals surface area contributed by atoms with Gasteiger partial charge >= 0.3 is 6.18 Å². The first-order chi connectivity index (χ1) is 11.4. The third-order valence-electron chi connectivity index (χ3n) is 3.94. The average Bonchev–Trinajstić information content (AvgIpc) is 3.09. The minimum absolute atomic E-state index is 0.0872. The van der Waals surface area contributed by atoms with Crippen LogP contribution >= 0.6 is 0 Å². The molecule has 0 saturated heterocycles. The zero-order valence-electron chi connectivity index (χ0n) is 12.2. The molecule has 0 aliphatic carbocycles. The normalized spacial score (nSPS) is 20.3. The van der Waals surface area contributed by atoms with Gasteiger partial charge in [0.2, 0.25) is 0 Å². The van der Waals surface area contributed by atoms with Crippen LogP contribution in [-0.2, 0) is 22.6 Å². The molecule has 2 aromatic carbocycles. The highest BCUT2D eigenvalue weighted by atomic mass is 32.2. The molecule has 2 N–H and O–H groups in total. The van der Waals surface area contributed by atoms with Crippen molar-refractivity contribution in [3.05, 3.63) is 59.8 Å². The van der Waals surface area contributed by atoms with Gasteiger partial charge in [0.25, 0.3) is 0 Å². The van der Waals surface area contributed by atoms with Crippen LogP contribution in [-0.4, -0.2) is 9.19 Å². The summed E-state index contributed by atoms with van der Waals surface area (Å²) in [5, 5.41) is 0.808. The number of aromatic nitrogens is 1. The summed E-state index contributed by atoms with van der Waals surface area (Å²) in [6.07, 6.45) is -2.78. The fourth-order valence-electron chi connectivity index (χ4n) is 2.77. The Balaban J connectivity index is 1.85. The van der Waals surface area contributed by atoms with Crippen molar-refractivity contribution < 1.29 is 17.4 Å². The standard InChI is InChI=1S/C16H12F3N3OS/c17-16(18,19)11-5-6-15-10(7-11)8-21-24(15,23)22-14-9-20-13-4-2-1-3-12(13)14/h1-7,9,20H,8H2,(H,21,22,23). The van der Waals surface area contributed by atoms with Crippen LogP contribution in [0.2, 0.25) is 0 Å². The van der Waals surface area contributed by atoms with Crippen molar-refractivity contribution >= 4 is 26.5 Å². The summed E-state index contributed by atoms with van der Waals surface area (Å²) in [6.45, 7) is 0.0872. The van der Waals surface area contributed by atoms with Crippen molar-refractivity contribution in [1.82, 2.24) is 9.71 Å². The molecule has 2 heterocycles. The monoisotopic (exact) mass is 351 g/mol. The topological polar surface area (TPSA) is 57.2 Å². The predicted octanol–water partition coefficient (Wildman–Crippen LogP) is 4.36. The SMILES string of the molecule is O=S1(=Nc2c[nH]c3ccccc23)NCc2cc(C(F)(F)F)ccc21. The smallest absolute Gasteiger partial charge is 0.359 e. The second-order valence-corrected chi connectivity index (χ2v) is 7.44. The Bertz CT molecular complexity index is 1060. The highest BCUT2D eigenvalue weighted by Gasteiger charge is 2.33. The number of H-pyrrole nitrogens is 1. The Morgan fingerprint density at radius 2 is 1.92 bits per heavy atom. The minimum atomic E-state index is -4.42. The Kier molecular flexibility index (Phi) is 3.23. The van der Waals surface area contributed by atoms with E-state index in [1.165, 1.54) is 6.07 Å². The van der Waals surface area contributed by atoms with Gasteiger partial charge < -0.3 is 4.98 Å². The summed E-state index contributed by atoms with van der Waals surface area (Å²) in [7, 11) is -3.00. The van der Waals surface area contributed by atoms with E-state index < -0.39 is 21.7 Å². The lowest BCUT2D eigenvalue weighted by atomic mass is 10.1. The molecule has 8 heteroatoms. The van der Waals surface area contributed by atoms with Gasteiger partial charge in [-0.05, 0) is 29.8 Å². The first-order valence-electron chi connectivity index (χ1n) is 7.15. The highest BCUT2D eigenvalue weighted by molar-refractivity contribution is 7.92. The number of nitrogens with one attached hydrogen (secondary N) is 2. The Hall–Kier alpha value is -2.32. The molecule has 3 aromatic rings. The van der Waals surface area contributed by atoms with Gasteiger partial charge in [0, 0.05) is 23.6 Å². The van der Waals surface area contributed by atoms with E-state index in [2.05, 4.69) is 14.1 Å². The lowest BCUT2D eigenvalue weighted by molar-refractivity contribution is -0.137. The summed E-state index contributed by atoms with van der Waals surface area (Å²) in [5.41, 5.74) is 0.970. The second-order valence-electron chi connectivity index (χ2n) is 5.48. The number of halogens is 3. The maximum atomic E-state index is 13.1. The van der Waals surface area contributed by atoms with E-state index in [0.717, 1.165) is 23.0 Å². The maximum absolute atomic E-state index is 13.1. The number of hydrogen-bond donors (Lipinski definition) is 2. The van der Waals surface area contributed by atoms with Crippen LogP contribution < -0.4 is 4.72 Å². The molecule has 0 spiro atoms. The van der Waals surface area contributed by atoms with Crippen LogP contribution in [0.4, 0.5) is 18.9 Å². The van der Waals surface area contributed by atoms with Crippen molar-refractivity contribution in [3.8, 4) is 0 Å². The molecule has 0 fully saturated rings. The first kappa shape index (κ1) is 15.2. The van der Waals surface area contributed by atoms with Crippen LogP contribution in [0, 0.1) is 0 Å². The summed E-state index contributed by atoms with van der Waals surface area (Å²) < 4.78 is 58.6. The van der Waals surface area contributed by atoms with Crippen molar-refractivity contribution in [2.75, 3.05) is 0 Å². The highest BCUT2D eigenvalue weighted by Crippen LogP contribution is 2.35. The van der Waals surface area contributed by atoms with Gasteiger partial charge in [0.05, 0.1) is 16.1 Å². The van der Waals surface area contributed by atoms with Crippen LogP contribution in [0.15, 0.2) is 57.9 Å². The summed E-state index contributed by atoms with van der Waals surface area (Å²) in [6, 6.07) is 10.6. The molecule has 1 unspecified atom stereocenters. The van der Waals surface area contributed by atoms with E-state index in [4.69, 9.17) is 0 Å². The quantitative estimate of drug-likeness (QED) is 0.672. The van der Waals surface area contributed by atoms with Gasteiger partial charge in [-0.1, -0.05) is 18.2 Å². The number of hydrogen-bond acceptors (Lipinski definition) is 2.